The third-order valence-corrected chi connectivity index (χ3v) is 6.84. The van der Waals surface area contributed by atoms with E-state index in [1.807, 2.05) is 24.5 Å². The van der Waals surface area contributed by atoms with Crippen LogP contribution in [0.4, 0.5) is 0 Å². The molecule has 0 bridgehead atoms. The maximum atomic E-state index is 4.85. The Kier molecular flexibility index (Phi) is 5.64. The Morgan fingerprint density at radius 2 is 1.00 bits per heavy atom. The third kappa shape index (κ3) is 4.18. The fourth-order valence-electron chi connectivity index (χ4n) is 3.43. The normalized spacial score (nSPS) is 11.2. The van der Waals surface area contributed by atoms with Crippen LogP contribution in [-0.4, -0.2) is 15.0 Å². The summed E-state index contributed by atoms with van der Waals surface area (Å²) in [5.74, 6) is 1.70. The van der Waals surface area contributed by atoms with Gasteiger partial charge in [-0.1, -0.05) is 54.6 Å². The highest BCUT2D eigenvalue weighted by molar-refractivity contribution is 7.99. The zero-order valence-electron chi connectivity index (χ0n) is 16.2. The molecule has 0 unspecified atom stereocenters. The first kappa shape index (κ1) is 19.1. The van der Waals surface area contributed by atoms with Gasteiger partial charge in [-0.25, -0.2) is 4.98 Å². The zero-order valence-corrected chi connectivity index (χ0v) is 17.9. The SMILES string of the molecule is c1cc(SCc2cccc3cccnc23)nc(SCc2cccc3cccnc23)c1. The quantitative estimate of drug-likeness (QED) is 0.281. The molecule has 0 saturated carbocycles. The van der Waals surface area contributed by atoms with Gasteiger partial charge in [-0.15, -0.1) is 23.5 Å². The van der Waals surface area contributed by atoms with E-state index in [4.69, 9.17) is 4.98 Å². The van der Waals surface area contributed by atoms with E-state index in [1.54, 1.807) is 23.5 Å². The molecule has 3 heterocycles. The molecule has 0 amide bonds. The molecule has 5 heteroatoms. The Morgan fingerprint density at radius 3 is 1.53 bits per heavy atom. The first-order valence-corrected chi connectivity index (χ1v) is 11.7. The second-order valence-electron chi connectivity index (χ2n) is 6.88. The minimum Gasteiger partial charge on any atom is -0.256 e. The van der Waals surface area contributed by atoms with Crippen LogP contribution in [0, 0.1) is 0 Å². The molecule has 0 N–H and O–H groups in total. The molecule has 146 valence electrons. The van der Waals surface area contributed by atoms with Crippen molar-refractivity contribution in [2.75, 3.05) is 0 Å². The summed E-state index contributed by atoms with van der Waals surface area (Å²) in [6, 6.07) is 27.1. The maximum Gasteiger partial charge on any atom is 0.0976 e. The lowest BCUT2D eigenvalue weighted by Crippen LogP contribution is -1.90. The Labute approximate surface area is 184 Å². The Morgan fingerprint density at radius 1 is 0.533 bits per heavy atom. The lowest BCUT2D eigenvalue weighted by Gasteiger charge is -2.08. The highest BCUT2D eigenvalue weighted by Crippen LogP contribution is 2.29. The van der Waals surface area contributed by atoms with E-state index in [0.29, 0.717) is 0 Å². The van der Waals surface area contributed by atoms with E-state index in [2.05, 4.69) is 76.7 Å². The van der Waals surface area contributed by atoms with E-state index in [9.17, 15) is 0 Å². The molecule has 5 rings (SSSR count). The van der Waals surface area contributed by atoms with Crippen molar-refractivity contribution in [3.05, 3.63) is 102 Å². The number of benzene rings is 2. The van der Waals surface area contributed by atoms with Crippen molar-refractivity contribution in [3.63, 3.8) is 0 Å². The van der Waals surface area contributed by atoms with E-state index in [-0.39, 0.29) is 0 Å². The van der Waals surface area contributed by atoms with Crippen LogP contribution in [0.3, 0.4) is 0 Å². The number of hydrogen-bond donors (Lipinski definition) is 0. The van der Waals surface area contributed by atoms with Gasteiger partial charge in [-0.3, -0.25) is 9.97 Å². The summed E-state index contributed by atoms with van der Waals surface area (Å²) in [4.78, 5) is 14.0. The van der Waals surface area contributed by atoms with Crippen molar-refractivity contribution in [2.24, 2.45) is 0 Å². The van der Waals surface area contributed by atoms with Crippen LogP contribution in [0.5, 0.6) is 0 Å². The van der Waals surface area contributed by atoms with Gasteiger partial charge in [-0.2, -0.15) is 0 Å². The van der Waals surface area contributed by atoms with Crippen molar-refractivity contribution in [1.29, 1.82) is 0 Å². The minimum atomic E-state index is 0.850. The van der Waals surface area contributed by atoms with Crippen LogP contribution in [0.1, 0.15) is 11.1 Å². The molecule has 0 aliphatic carbocycles. The number of rotatable bonds is 6. The number of pyridine rings is 3. The third-order valence-electron chi connectivity index (χ3n) is 4.88. The number of aromatic nitrogens is 3. The average molecular weight is 426 g/mol. The molecular formula is C25H19N3S2. The molecule has 3 nitrogen and oxygen atoms in total. The Bertz CT molecular complexity index is 1210. The zero-order chi connectivity index (χ0) is 20.2. The van der Waals surface area contributed by atoms with E-state index >= 15 is 0 Å². The fraction of sp³-hybridized carbons (Fsp3) is 0.0800. The first-order valence-electron chi connectivity index (χ1n) is 9.75. The van der Waals surface area contributed by atoms with Crippen LogP contribution >= 0.6 is 23.5 Å². The molecule has 0 radical (unpaired) electrons. The predicted molar refractivity (Wildman–Crippen MR) is 127 cm³/mol. The molecule has 3 aromatic heterocycles. The highest BCUT2D eigenvalue weighted by atomic mass is 32.2. The van der Waals surface area contributed by atoms with Crippen LogP contribution in [0.25, 0.3) is 21.8 Å². The molecule has 30 heavy (non-hydrogen) atoms. The molecule has 0 saturated heterocycles. The van der Waals surface area contributed by atoms with Crippen LogP contribution in [0.2, 0.25) is 0 Å². The van der Waals surface area contributed by atoms with Gasteiger partial charge >= 0.3 is 0 Å². The van der Waals surface area contributed by atoms with E-state index in [1.165, 1.54) is 21.9 Å². The fourth-order valence-corrected chi connectivity index (χ4v) is 5.23. The summed E-state index contributed by atoms with van der Waals surface area (Å²) in [5.41, 5.74) is 4.61. The van der Waals surface area contributed by atoms with Crippen molar-refractivity contribution < 1.29 is 0 Å². The first-order chi connectivity index (χ1) is 14.9. The molecule has 0 fully saturated rings. The summed E-state index contributed by atoms with van der Waals surface area (Å²) >= 11 is 3.50. The summed E-state index contributed by atoms with van der Waals surface area (Å²) < 4.78 is 0. The van der Waals surface area contributed by atoms with Gasteiger partial charge in [0.25, 0.3) is 0 Å². The second-order valence-corrected chi connectivity index (χ2v) is 8.87. The number of fused-ring (bicyclic) bond motifs is 2. The summed E-state index contributed by atoms with van der Waals surface area (Å²) in [5, 5.41) is 4.42. The lowest BCUT2D eigenvalue weighted by molar-refractivity contribution is 1.01. The van der Waals surface area contributed by atoms with E-state index in [0.717, 1.165) is 32.6 Å². The molecule has 0 spiro atoms. The van der Waals surface area contributed by atoms with Gasteiger partial charge in [0.15, 0.2) is 0 Å². The van der Waals surface area contributed by atoms with Gasteiger partial charge in [0, 0.05) is 34.7 Å². The van der Waals surface area contributed by atoms with Crippen molar-refractivity contribution >= 4 is 45.3 Å². The van der Waals surface area contributed by atoms with E-state index < -0.39 is 0 Å². The van der Waals surface area contributed by atoms with Gasteiger partial charge in [0.05, 0.1) is 21.1 Å². The molecule has 5 aromatic rings. The van der Waals surface area contributed by atoms with Crippen LogP contribution < -0.4 is 0 Å². The minimum absolute atomic E-state index is 0.850. The smallest absolute Gasteiger partial charge is 0.0976 e. The van der Waals surface area contributed by atoms with Gasteiger partial charge in [0.1, 0.15) is 0 Å². The topological polar surface area (TPSA) is 38.7 Å². The van der Waals surface area contributed by atoms with Crippen LogP contribution in [0.15, 0.2) is 101 Å². The maximum absolute atomic E-state index is 4.85. The average Bonchev–Trinajstić information content (AvgIpc) is 2.81. The number of thioether (sulfide) groups is 2. The largest absolute Gasteiger partial charge is 0.256 e. The highest BCUT2D eigenvalue weighted by Gasteiger charge is 2.07. The summed E-state index contributed by atoms with van der Waals surface area (Å²) in [6.45, 7) is 0. The number of hydrogen-bond acceptors (Lipinski definition) is 5. The number of para-hydroxylation sites is 2. The van der Waals surface area contributed by atoms with Crippen molar-refractivity contribution in [2.45, 2.75) is 21.6 Å². The molecule has 0 atom stereocenters. The number of nitrogens with zero attached hydrogens (tertiary/aromatic N) is 3. The van der Waals surface area contributed by atoms with Crippen molar-refractivity contribution in [1.82, 2.24) is 15.0 Å². The van der Waals surface area contributed by atoms with Gasteiger partial charge in [0.2, 0.25) is 0 Å². The standard InChI is InChI=1S/C25H19N3S2/c1-6-18-10-4-14-26-24(18)20(8-1)16-29-22-12-3-13-23(28-22)30-17-21-9-2-7-19-11-5-15-27-25(19)21/h1-15H,16-17H2. The molecule has 2 aromatic carbocycles. The lowest BCUT2D eigenvalue weighted by atomic mass is 10.1. The molecule has 0 aliphatic heterocycles. The predicted octanol–water partition coefficient (Wildman–Crippen LogP) is 6.76. The van der Waals surface area contributed by atoms with Crippen molar-refractivity contribution in [3.8, 4) is 0 Å². The summed E-state index contributed by atoms with van der Waals surface area (Å²) in [6.07, 6.45) is 3.71. The molecular weight excluding hydrogens is 406 g/mol. The molecule has 0 aliphatic rings. The van der Waals surface area contributed by atoms with Crippen LogP contribution in [-0.2, 0) is 11.5 Å². The Balaban J connectivity index is 1.29. The van der Waals surface area contributed by atoms with Gasteiger partial charge < -0.3 is 0 Å². The van der Waals surface area contributed by atoms with Gasteiger partial charge in [-0.05, 0) is 35.4 Å². The second kappa shape index (κ2) is 8.86. The Hall–Kier alpha value is -2.89. The monoisotopic (exact) mass is 425 g/mol. The summed E-state index contributed by atoms with van der Waals surface area (Å²) in [7, 11) is 0.